The molecule has 0 aliphatic carbocycles. The highest BCUT2D eigenvalue weighted by Gasteiger charge is 2.21. The van der Waals surface area contributed by atoms with Gasteiger partial charge in [0, 0.05) is 44.5 Å². The van der Waals surface area contributed by atoms with E-state index < -0.39 is 10.0 Å². The van der Waals surface area contributed by atoms with Crippen molar-refractivity contribution in [1.82, 2.24) is 19.9 Å². The highest BCUT2D eigenvalue weighted by molar-refractivity contribution is 14.0. The maximum Gasteiger partial charge on any atom is 0.215 e. The molecule has 2 N–H and O–H groups in total. The van der Waals surface area contributed by atoms with Crippen molar-refractivity contribution in [3.05, 3.63) is 23.9 Å². The predicted octanol–water partition coefficient (Wildman–Crippen LogP) is 2.20. The van der Waals surface area contributed by atoms with E-state index in [1.54, 1.807) is 0 Å². The Balaban J connectivity index is 0.00000450. The zero-order chi connectivity index (χ0) is 21.3. The average molecular weight is 553 g/mol. The van der Waals surface area contributed by atoms with Crippen molar-refractivity contribution in [2.75, 3.05) is 49.9 Å². The van der Waals surface area contributed by atoms with Crippen LogP contribution >= 0.6 is 24.0 Å². The lowest BCUT2D eigenvalue weighted by molar-refractivity contribution is 0.445. The zero-order valence-corrected chi connectivity index (χ0v) is 21.7. The third-order valence-electron chi connectivity index (χ3n) is 5.10. The normalized spacial score (nSPS) is 15.8. The predicted molar refractivity (Wildman–Crippen MR) is 135 cm³/mol. The Bertz CT molecular complexity index is 762. The number of nitrogens with one attached hydrogen (secondary N) is 2. The number of pyridine rings is 1. The smallest absolute Gasteiger partial charge is 0.215 e. The van der Waals surface area contributed by atoms with Crippen molar-refractivity contribution < 1.29 is 8.42 Å². The lowest BCUT2D eigenvalue weighted by Crippen LogP contribution is -2.49. The SMILES string of the molecule is CCNC(=NCCS(=O)(=O)N(CC)CC)NC1CCN(c2cccc(C)n2)CC1.I. The molecule has 10 heteroatoms. The number of aliphatic imine (C=N–C) groups is 1. The first-order valence-electron chi connectivity index (χ1n) is 10.6. The van der Waals surface area contributed by atoms with Gasteiger partial charge in [0.05, 0.1) is 12.3 Å². The minimum absolute atomic E-state index is 0. The molecule has 8 nitrogen and oxygen atoms in total. The van der Waals surface area contributed by atoms with Crippen LogP contribution in [0.4, 0.5) is 5.82 Å². The van der Waals surface area contributed by atoms with Gasteiger partial charge in [-0.05, 0) is 38.8 Å². The fourth-order valence-electron chi connectivity index (χ4n) is 3.49. The Morgan fingerprint density at radius 2 is 1.90 bits per heavy atom. The standard InChI is InChI=1S/C20H36N6O2S.HI/c1-5-21-20(22-13-16-29(27,28)26(6-2)7-3)24-18-11-14-25(15-12-18)19-10-8-9-17(4)23-19;/h8-10,18H,5-7,11-16H2,1-4H3,(H2,21,22,24);1H. The molecule has 0 unspecified atom stereocenters. The van der Waals surface area contributed by atoms with Crippen LogP contribution in [0, 0.1) is 6.92 Å². The van der Waals surface area contributed by atoms with E-state index >= 15 is 0 Å². The summed E-state index contributed by atoms with van der Waals surface area (Å²) in [6.07, 6.45) is 1.97. The van der Waals surface area contributed by atoms with Gasteiger partial charge in [-0.25, -0.2) is 17.7 Å². The van der Waals surface area contributed by atoms with Gasteiger partial charge in [-0.3, -0.25) is 4.99 Å². The summed E-state index contributed by atoms with van der Waals surface area (Å²) >= 11 is 0. The summed E-state index contributed by atoms with van der Waals surface area (Å²) in [5.41, 5.74) is 1.03. The topological polar surface area (TPSA) is 89.9 Å². The van der Waals surface area contributed by atoms with Crippen LogP contribution < -0.4 is 15.5 Å². The van der Waals surface area contributed by atoms with Crippen LogP contribution in [0.15, 0.2) is 23.2 Å². The lowest BCUT2D eigenvalue weighted by Gasteiger charge is -2.34. The Kier molecular flexibility index (Phi) is 11.9. The summed E-state index contributed by atoms with van der Waals surface area (Å²) in [4.78, 5) is 11.4. The molecule has 1 aromatic rings. The first-order valence-corrected chi connectivity index (χ1v) is 12.2. The molecular formula is C20H37IN6O2S. The molecule has 0 bridgehead atoms. The van der Waals surface area contributed by atoms with Crippen molar-refractivity contribution in [3.63, 3.8) is 0 Å². The van der Waals surface area contributed by atoms with E-state index in [1.165, 1.54) is 4.31 Å². The molecular weight excluding hydrogens is 515 g/mol. The van der Waals surface area contributed by atoms with Gasteiger partial charge in [0.15, 0.2) is 5.96 Å². The summed E-state index contributed by atoms with van der Waals surface area (Å²) in [6.45, 7) is 11.6. The van der Waals surface area contributed by atoms with Gasteiger partial charge in [-0.2, -0.15) is 0 Å². The van der Waals surface area contributed by atoms with Crippen molar-refractivity contribution in [3.8, 4) is 0 Å². The molecule has 30 heavy (non-hydrogen) atoms. The molecule has 2 rings (SSSR count). The summed E-state index contributed by atoms with van der Waals surface area (Å²) in [6, 6.07) is 6.43. The second-order valence-corrected chi connectivity index (χ2v) is 9.29. The van der Waals surface area contributed by atoms with Gasteiger partial charge in [0.25, 0.3) is 0 Å². The molecule has 0 spiro atoms. The molecule has 1 aromatic heterocycles. The number of nitrogens with zero attached hydrogens (tertiary/aromatic N) is 4. The molecule has 0 aromatic carbocycles. The number of hydrogen-bond donors (Lipinski definition) is 2. The quantitative estimate of drug-likeness (QED) is 0.278. The van der Waals surface area contributed by atoms with E-state index in [9.17, 15) is 8.42 Å². The highest BCUT2D eigenvalue weighted by atomic mass is 127. The summed E-state index contributed by atoms with van der Waals surface area (Å²) < 4.78 is 26.1. The first kappa shape index (κ1) is 26.9. The van der Waals surface area contributed by atoms with Gasteiger partial charge in [0.2, 0.25) is 10.0 Å². The number of rotatable bonds is 9. The van der Waals surface area contributed by atoms with Gasteiger partial charge in [-0.1, -0.05) is 19.9 Å². The maximum atomic E-state index is 12.3. The lowest BCUT2D eigenvalue weighted by atomic mass is 10.1. The number of hydrogen-bond acceptors (Lipinski definition) is 5. The molecule has 1 aliphatic rings. The number of aryl methyl sites for hydroxylation is 1. The van der Waals surface area contributed by atoms with Gasteiger partial charge < -0.3 is 15.5 Å². The number of halogens is 1. The zero-order valence-electron chi connectivity index (χ0n) is 18.6. The molecule has 1 fully saturated rings. The fourth-order valence-corrected chi connectivity index (χ4v) is 4.86. The first-order chi connectivity index (χ1) is 13.9. The van der Waals surface area contributed by atoms with Crippen LogP contribution in [0.25, 0.3) is 0 Å². The average Bonchev–Trinajstić information content (AvgIpc) is 2.69. The minimum Gasteiger partial charge on any atom is -0.357 e. The van der Waals surface area contributed by atoms with Crippen LogP contribution in [-0.2, 0) is 10.0 Å². The molecule has 0 radical (unpaired) electrons. The van der Waals surface area contributed by atoms with E-state index in [-0.39, 0.29) is 36.3 Å². The number of sulfonamides is 1. The number of aromatic nitrogens is 1. The van der Waals surface area contributed by atoms with Crippen molar-refractivity contribution in [1.29, 1.82) is 0 Å². The van der Waals surface area contributed by atoms with E-state index in [0.29, 0.717) is 25.1 Å². The summed E-state index contributed by atoms with van der Waals surface area (Å²) in [7, 11) is -3.25. The number of piperidine rings is 1. The Morgan fingerprint density at radius 1 is 1.23 bits per heavy atom. The van der Waals surface area contributed by atoms with Crippen LogP contribution in [-0.4, -0.2) is 74.7 Å². The van der Waals surface area contributed by atoms with E-state index in [0.717, 1.165) is 44.0 Å². The molecule has 1 aliphatic heterocycles. The maximum absolute atomic E-state index is 12.3. The van der Waals surface area contributed by atoms with Gasteiger partial charge in [0.1, 0.15) is 5.82 Å². The Hall–Kier alpha value is -1.14. The monoisotopic (exact) mass is 552 g/mol. The molecule has 0 amide bonds. The molecule has 0 saturated carbocycles. The third kappa shape index (κ3) is 8.18. The van der Waals surface area contributed by atoms with E-state index in [4.69, 9.17) is 0 Å². The molecule has 172 valence electrons. The Labute approximate surface area is 199 Å². The number of guanidine groups is 1. The molecule has 1 saturated heterocycles. The van der Waals surface area contributed by atoms with E-state index in [2.05, 4.69) is 31.6 Å². The van der Waals surface area contributed by atoms with E-state index in [1.807, 2.05) is 39.8 Å². The van der Waals surface area contributed by atoms with Crippen molar-refractivity contribution >= 4 is 45.8 Å². The number of anilines is 1. The minimum atomic E-state index is -3.25. The third-order valence-corrected chi connectivity index (χ3v) is 7.10. The van der Waals surface area contributed by atoms with Gasteiger partial charge >= 0.3 is 0 Å². The summed E-state index contributed by atoms with van der Waals surface area (Å²) in [5, 5.41) is 6.70. The van der Waals surface area contributed by atoms with Crippen molar-refractivity contribution in [2.24, 2.45) is 4.99 Å². The van der Waals surface area contributed by atoms with Crippen LogP contribution in [0.5, 0.6) is 0 Å². The summed E-state index contributed by atoms with van der Waals surface area (Å²) in [5.74, 6) is 1.75. The van der Waals surface area contributed by atoms with Crippen LogP contribution in [0.2, 0.25) is 0 Å². The molecule has 2 heterocycles. The second-order valence-electron chi connectivity index (χ2n) is 7.20. The largest absolute Gasteiger partial charge is 0.357 e. The van der Waals surface area contributed by atoms with Crippen LogP contribution in [0.3, 0.4) is 0 Å². The van der Waals surface area contributed by atoms with Crippen molar-refractivity contribution in [2.45, 2.75) is 46.6 Å². The Morgan fingerprint density at radius 3 is 2.47 bits per heavy atom. The van der Waals surface area contributed by atoms with Gasteiger partial charge in [-0.15, -0.1) is 24.0 Å². The van der Waals surface area contributed by atoms with Crippen LogP contribution in [0.1, 0.15) is 39.3 Å². The fraction of sp³-hybridized carbons (Fsp3) is 0.700. The highest BCUT2D eigenvalue weighted by Crippen LogP contribution is 2.18. The second kappa shape index (κ2) is 13.3. The molecule has 0 atom stereocenters.